The molecule has 1 N–H and O–H groups in total. The Hall–Kier alpha value is -3.60. The van der Waals surface area contributed by atoms with Gasteiger partial charge in [0, 0.05) is 18.7 Å². The molecule has 5 heteroatoms. The summed E-state index contributed by atoms with van der Waals surface area (Å²) in [5.74, 6) is 0.226. The van der Waals surface area contributed by atoms with E-state index in [4.69, 9.17) is 4.74 Å². The lowest BCUT2D eigenvalue weighted by Gasteiger charge is -2.21. The minimum atomic E-state index is -0.419. The molecule has 0 radical (unpaired) electrons. The average molecular weight is 400 g/mol. The number of hydrogen-bond acceptors (Lipinski definition) is 3. The first-order valence-corrected chi connectivity index (χ1v) is 10.0. The molecule has 4 rings (SSSR count). The van der Waals surface area contributed by atoms with Gasteiger partial charge in [0.05, 0.1) is 19.1 Å². The average Bonchev–Trinajstić information content (AvgIpc) is 3.15. The van der Waals surface area contributed by atoms with E-state index in [2.05, 4.69) is 5.32 Å². The van der Waals surface area contributed by atoms with Gasteiger partial charge in [-0.15, -0.1) is 0 Å². The Balaban J connectivity index is 1.51. The van der Waals surface area contributed by atoms with Crippen molar-refractivity contribution in [1.82, 2.24) is 5.32 Å². The lowest BCUT2D eigenvalue weighted by molar-refractivity contribution is -0.122. The molecule has 1 aliphatic rings. The zero-order valence-corrected chi connectivity index (χ0v) is 16.8. The van der Waals surface area contributed by atoms with Crippen molar-refractivity contribution in [2.45, 2.75) is 18.4 Å². The van der Waals surface area contributed by atoms with Gasteiger partial charge >= 0.3 is 0 Å². The van der Waals surface area contributed by atoms with Gasteiger partial charge < -0.3 is 15.0 Å². The van der Waals surface area contributed by atoms with Gasteiger partial charge in [-0.2, -0.15) is 0 Å². The molecule has 1 aliphatic heterocycles. The highest BCUT2D eigenvalue weighted by Gasteiger charge is 2.33. The molecule has 1 heterocycles. The summed E-state index contributed by atoms with van der Waals surface area (Å²) >= 11 is 0. The number of methoxy groups -OCH3 is 1. The first kappa shape index (κ1) is 19.7. The molecule has 0 spiro atoms. The molecular weight excluding hydrogens is 376 g/mol. The second kappa shape index (κ2) is 8.82. The molecule has 5 nitrogen and oxygen atoms in total. The third-order valence-corrected chi connectivity index (χ3v) is 5.38. The molecule has 2 amide bonds. The van der Waals surface area contributed by atoms with E-state index in [9.17, 15) is 9.59 Å². The number of nitrogens with zero attached hydrogens (tertiary/aromatic N) is 1. The molecule has 0 unspecified atom stereocenters. The molecule has 0 bridgehead atoms. The van der Waals surface area contributed by atoms with E-state index in [1.54, 1.807) is 12.0 Å². The number of amides is 2. The fourth-order valence-electron chi connectivity index (χ4n) is 3.89. The summed E-state index contributed by atoms with van der Waals surface area (Å²) in [5, 5.41) is 3.10. The summed E-state index contributed by atoms with van der Waals surface area (Å²) in [5.41, 5.74) is 2.66. The number of carbonyl (C=O) groups is 2. The minimum absolute atomic E-state index is 0.00133. The molecule has 3 aromatic rings. The monoisotopic (exact) mass is 400 g/mol. The first-order valence-electron chi connectivity index (χ1n) is 10.0. The third-order valence-electron chi connectivity index (χ3n) is 5.38. The molecule has 1 saturated heterocycles. The van der Waals surface area contributed by atoms with Crippen molar-refractivity contribution in [2.75, 3.05) is 18.6 Å². The van der Waals surface area contributed by atoms with Crippen LogP contribution in [0.15, 0.2) is 84.9 Å². The highest BCUT2D eigenvalue weighted by molar-refractivity contribution is 5.97. The maximum absolute atomic E-state index is 13.3. The SMILES string of the molecule is COc1ccc(N2C[C@@H](NC(=O)C(c3ccccc3)c3ccccc3)CC2=O)cc1. The van der Waals surface area contributed by atoms with Gasteiger partial charge in [-0.05, 0) is 35.4 Å². The van der Waals surface area contributed by atoms with E-state index in [-0.39, 0.29) is 24.3 Å². The molecule has 3 aromatic carbocycles. The number of nitrogens with one attached hydrogen (secondary N) is 1. The van der Waals surface area contributed by atoms with Crippen LogP contribution in [0.3, 0.4) is 0 Å². The van der Waals surface area contributed by atoms with Crippen molar-refractivity contribution in [2.24, 2.45) is 0 Å². The van der Waals surface area contributed by atoms with Crippen molar-refractivity contribution in [3.8, 4) is 5.75 Å². The lowest BCUT2D eigenvalue weighted by Crippen LogP contribution is -2.40. The highest BCUT2D eigenvalue weighted by Crippen LogP contribution is 2.27. The van der Waals surface area contributed by atoms with E-state index in [0.717, 1.165) is 22.6 Å². The van der Waals surface area contributed by atoms with E-state index in [1.807, 2.05) is 84.9 Å². The van der Waals surface area contributed by atoms with Crippen LogP contribution in [0, 0.1) is 0 Å². The Morgan fingerprint density at radius 3 is 2.03 bits per heavy atom. The number of hydrogen-bond donors (Lipinski definition) is 1. The molecule has 152 valence electrons. The predicted molar refractivity (Wildman–Crippen MR) is 117 cm³/mol. The van der Waals surface area contributed by atoms with E-state index < -0.39 is 5.92 Å². The van der Waals surface area contributed by atoms with Crippen molar-refractivity contribution >= 4 is 17.5 Å². The summed E-state index contributed by atoms with van der Waals surface area (Å²) in [6, 6.07) is 26.6. The Bertz CT molecular complexity index is 964. The second-order valence-electron chi connectivity index (χ2n) is 7.37. The normalized spacial score (nSPS) is 16.0. The summed E-state index contributed by atoms with van der Waals surface area (Å²) in [7, 11) is 1.61. The standard InChI is InChI=1S/C25H24N2O3/c1-30-22-14-12-21(13-15-22)27-17-20(16-23(27)28)26-25(29)24(18-8-4-2-5-9-18)19-10-6-3-7-11-19/h2-15,20,24H,16-17H2,1H3,(H,26,29)/t20-/m0/s1. The maximum atomic E-state index is 13.3. The zero-order chi connectivity index (χ0) is 20.9. The molecule has 1 atom stereocenters. The van der Waals surface area contributed by atoms with Crippen LogP contribution in [0.2, 0.25) is 0 Å². The summed E-state index contributed by atoms with van der Waals surface area (Å²) in [6.07, 6.45) is 0.286. The number of benzene rings is 3. The largest absolute Gasteiger partial charge is 0.497 e. The summed E-state index contributed by atoms with van der Waals surface area (Å²) in [6.45, 7) is 0.452. The van der Waals surface area contributed by atoms with Gasteiger partial charge in [0.25, 0.3) is 0 Å². The smallest absolute Gasteiger partial charge is 0.232 e. The summed E-state index contributed by atoms with van der Waals surface area (Å²) in [4.78, 5) is 27.6. The van der Waals surface area contributed by atoms with Crippen LogP contribution in [-0.2, 0) is 9.59 Å². The number of rotatable bonds is 6. The third kappa shape index (κ3) is 4.20. The van der Waals surface area contributed by atoms with Crippen molar-refractivity contribution in [1.29, 1.82) is 0 Å². The van der Waals surface area contributed by atoms with Crippen molar-refractivity contribution in [3.05, 3.63) is 96.1 Å². The Kier molecular flexibility index (Phi) is 5.80. The van der Waals surface area contributed by atoms with Gasteiger partial charge in [-0.3, -0.25) is 9.59 Å². The van der Waals surface area contributed by atoms with E-state index in [0.29, 0.717) is 6.54 Å². The van der Waals surface area contributed by atoms with Gasteiger partial charge in [-0.25, -0.2) is 0 Å². The van der Waals surface area contributed by atoms with Crippen molar-refractivity contribution < 1.29 is 14.3 Å². The van der Waals surface area contributed by atoms with Crippen LogP contribution in [0.1, 0.15) is 23.5 Å². The molecule has 30 heavy (non-hydrogen) atoms. The minimum Gasteiger partial charge on any atom is -0.497 e. The molecule has 0 aromatic heterocycles. The first-order chi connectivity index (χ1) is 14.7. The Morgan fingerprint density at radius 1 is 0.933 bits per heavy atom. The summed E-state index contributed by atoms with van der Waals surface area (Å²) < 4.78 is 5.18. The van der Waals surface area contributed by atoms with Crippen molar-refractivity contribution in [3.63, 3.8) is 0 Å². The quantitative estimate of drug-likeness (QED) is 0.686. The van der Waals surface area contributed by atoms with Crippen LogP contribution in [0.4, 0.5) is 5.69 Å². The second-order valence-corrected chi connectivity index (χ2v) is 7.37. The van der Waals surface area contributed by atoms with Crippen LogP contribution in [0.25, 0.3) is 0 Å². The van der Waals surface area contributed by atoms with Crippen LogP contribution < -0.4 is 15.0 Å². The van der Waals surface area contributed by atoms with Crippen LogP contribution in [-0.4, -0.2) is 31.5 Å². The number of carbonyl (C=O) groups excluding carboxylic acids is 2. The maximum Gasteiger partial charge on any atom is 0.232 e. The highest BCUT2D eigenvalue weighted by atomic mass is 16.5. The topological polar surface area (TPSA) is 58.6 Å². The zero-order valence-electron chi connectivity index (χ0n) is 16.8. The fourth-order valence-corrected chi connectivity index (χ4v) is 3.89. The Morgan fingerprint density at radius 2 is 1.50 bits per heavy atom. The Labute approximate surface area is 176 Å². The fraction of sp³-hybridized carbons (Fsp3) is 0.200. The van der Waals surface area contributed by atoms with Crippen LogP contribution >= 0.6 is 0 Å². The van der Waals surface area contributed by atoms with Gasteiger partial charge in [0.2, 0.25) is 11.8 Å². The predicted octanol–water partition coefficient (Wildman–Crippen LogP) is 3.75. The molecular formula is C25H24N2O3. The molecule has 1 fully saturated rings. The van der Waals surface area contributed by atoms with E-state index >= 15 is 0 Å². The van der Waals surface area contributed by atoms with E-state index in [1.165, 1.54) is 0 Å². The molecule has 0 aliphatic carbocycles. The van der Waals surface area contributed by atoms with Gasteiger partial charge in [0.15, 0.2) is 0 Å². The van der Waals surface area contributed by atoms with Gasteiger partial charge in [0.1, 0.15) is 5.75 Å². The molecule has 0 saturated carbocycles. The number of ether oxygens (including phenoxy) is 1. The van der Waals surface area contributed by atoms with Gasteiger partial charge in [-0.1, -0.05) is 60.7 Å². The lowest BCUT2D eigenvalue weighted by atomic mass is 9.90. The number of anilines is 1. The van der Waals surface area contributed by atoms with Crippen LogP contribution in [0.5, 0.6) is 5.75 Å².